The molecular weight excluding hydrogens is 437 g/mol. The topological polar surface area (TPSA) is 107 Å². The van der Waals surface area contributed by atoms with E-state index < -0.39 is 23.9 Å². The number of nitrogens with zero attached hydrogens (tertiary/aromatic N) is 3. The Bertz CT molecular complexity index is 1350. The SMILES string of the molecule is COc1ccc(NC(=O)NC2N=C(c3ccccc3F)c3ccccc3N(C)C2=O)c(C#N)c1. The van der Waals surface area contributed by atoms with Crippen molar-refractivity contribution in [2.75, 3.05) is 24.4 Å². The number of halogens is 1. The third-order valence-electron chi connectivity index (χ3n) is 5.34. The van der Waals surface area contributed by atoms with Gasteiger partial charge in [0.05, 0.1) is 29.8 Å². The third kappa shape index (κ3) is 4.29. The van der Waals surface area contributed by atoms with Crippen molar-refractivity contribution in [1.82, 2.24) is 5.32 Å². The zero-order chi connectivity index (χ0) is 24.2. The van der Waals surface area contributed by atoms with Crippen LogP contribution in [0.1, 0.15) is 16.7 Å². The number of para-hydroxylation sites is 1. The van der Waals surface area contributed by atoms with Crippen molar-refractivity contribution in [3.8, 4) is 11.8 Å². The number of carbonyl (C=O) groups excluding carboxylic acids is 2. The highest BCUT2D eigenvalue weighted by molar-refractivity contribution is 6.20. The van der Waals surface area contributed by atoms with E-state index in [-0.39, 0.29) is 22.5 Å². The number of nitriles is 1. The summed E-state index contributed by atoms with van der Waals surface area (Å²) in [5.74, 6) is -0.558. The number of nitrogens with one attached hydrogen (secondary N) is 2. The van der Waals surface area contributed by atoms with E-state index in [0.29, 0.717) is 17.0 Å². The Balaban J connectivity index is 1.70. The molecule has 0 saturated carbocycles. The number of aliphatic imine (C=N–C) groups is 1. The number of fused-ring (bicyclic) bond motifs is 1. The van der Waals surface area contributed by atoms with Crippen molar-refractivity contribution in [2.24, 2.45) is 4.99 Å². The lowest BCUT2D eigenvalue weighted by molar-refractivity contribution is -0.119. The van der Waals surface area contributed by atoms with Crippen LogP contribution in [-0.2, 0) is 4.79 Å². The van der Waals surface area contributed by atoms with Crippen molar-refractivity contribution >= 4 is 29.0 Å². The average molecular weight is 457 g/mol. The molecule has 9 heteroatoms. The van der Waals surface area contributed by atoms with E-state index in [1.54, 1.807) is 55.6 Å². The predicted octanol–water partition coefficient (Wildman–Crippen LogP) is 3.67. The third-order valence-corrected chi connectivity index (χ3v) is 5.34. The van der Waals surface area contributed by atoms with Gasteiger partial charge in [0.2, 0.25) is 6.17 Å². The Morgan fingerprint density at radius 3 is 2.53 bits per heavy atom. The Morgan fingerprint density at radius 1 is 1.12 bits per heavy atom. The van der Waals surface area contributed by atoms with Crippen LogP contribution >= 0.6 is 0 Å². The Labute approximate surface area is 195 Å². The standard InChI is InChI=1S/C25H20FN5O3/c1-31-21-10-6-4-8-18(21)22(17-7-3-5-9-19(17)26)29-23(24(31)32)30-25(33)28-20-12-11-16(34-2)13-15(20)14-27/h3-13,23H,1-2H3,(H2,28,30,33). The molecule has 34 heavy (non-hydrogen) atoms. The molecule has 1 heterocycles. The molecule has 0 spiro atoms. The average Bonchev–Trinajstić information content (AvgIpc) is 2.95. The van der Waals surface area contributed by atoms with Gasteiger partial charge in [-0.05, 0) is 36.4 Å². The van der Waals surface area contributed by atoms with Gasteiger partial charge in [-0.1, -0.05) is 30.3 Å². The number of benzene rings is 3. The van der Waals surface area contributed by atoms with Crippen LogP contribution in [0.15, 0.2) is 71.7 Å². The van der Waals surface area contributed by atoms with Crippen molar-refractivity contribution in [3.63, 3.8) is 0 Å². The number of hydrogen-bond donors (Lipinski definition) is 2. The van der Waals surface area contributed by atoms with E-state index in [0.717, 1.165) is 0 Å². The van der Waals surface area contributed by atoms with E-state index in [9.17, 15) is 19.2 Å². The normalized spacial score (nSPS) is 14.9. The number of amides is 3. The number of carbonyl (C=O) groups is 2. The Kier molecular flexibility index (Phi) is 6.23. The second kappa shape index (κ2) is 9.42. The first-order chi connectivity index (χ1) is 16.4. The molecule has 0 fully saturated rings. The molecule has 0 radical (unpaired) electrons. The Hall–Kier alpha value is -4.71. The molecule has 2 N–H and O–H groups in total. The minimum Gasteiger partial charge on any atom is -0.497 e. The summed E-state index contributed by atoms with van der Waals surface area (Å²) in [5.41, 5.74) is 1.93. The second-order valence-corrected chi connectivity index (χ2v) is 7.40. The molecule has 0 saturated heterocycles. The van der Waals surface area contributed by atoms with Crippen molar-refractivity contribution in [1.29, 1.82) is 5.26 Å². The van der Waals surface area contributed by atoms with Crippen LogP contribution in [0, 0.1) is 17.1 Å². The summed E-state index contributed by atoms with van der Waals surface area (Å²) in [7, 11) is 3.03. The molecule has 0 aliphatic carbocycles. The van der Waals surface area contributed by atoms with Gasteiger partial charge >= 0.3 is 6.03 Å². The van der Waals surface area contributed by atoms with Crippen LogP contribution in [0.2, 0.25) is 0 Å². The van der Waals surface area contributed by atoms with Gasteiger partial charge in [0, 0.05) is 18.2 Å². The maximum atomic E-state index is 14.7. The number of methoxy groups -OCH3 is 1. The van der Waals surface area contributed by atoms with Gasteiger partial charge in [-0.25, -0.2) is 14.2 Å². The van der Waals surface area contributed by atoms with Crippen LogP contribution < -0.4 is 20.3 Å². The summed E-state index contributed by atoms with van der Waals surface area (Å²) in [4.78, 5) is 31.8. The highest BCUT2D eigenvalue weighted by atomic mass is 19.1. The maximum absolute atomic E-state index is 14.7. The molecule has 1 atom stereocenters. The molecule has 3 aromatic rings. The first-order valence-corrected chi connectivity index (χ1v) is 10.3. The fourth-order valence-electron chi connectivity index (χ4n) is 3.62. The van der Waals surface area contributed by atoms with Crippen LogP contribution in [0.25, 0.3) is 0 Å². The molecule has 0 aromatic heterocycles. The monoisotopic (exact) mass is 457 g/mol. The second-order valence-electron chi connectivity index (χ2n) is 7.40. The van der Waals surface area contributed by atoms with Gasteiger partial charge in [0.1, 0.15) is 17.6 Å². The van der Waals surface area contributed by atoms with E-state index in [4.69, 9.17) is 4.74 Å². The van der Waals surface area contributed by atoms with Crippen molar-refractivity contribution in [2.45, 2.75) is 6.17 Å². The summed E-state index contributed by atoms with van der Waals surface area (Å²) >= 11 is 0. The number of benzodiazepines with no additional fused rings is 1. The maximum Gasteiger partial charge on any atom is 0.321 e. The molecule has 3 amide bonds. The van der Waals surface area contributed by atoms with Crippen LogP contribution in [0.5, 0.6) is 5.75 Å². The fraction of sp³-hybridized carbons (Fsp3) is 0.120. The largest absolute Gasteiger partial charge is 0.497 e. The van der Waals surface area contributed by atoms with E-state index in [1.807, 2.05) is 6.07 Å². The van der Waals surface area contributed by atoms with Crippen LogP contribution in [-0.4, -0.2) is 38.0 Å². The van der Waals surface area contributed by atoms with E-state index in [1.165, 1.54) is 30.2 Å². The van der Waals surface area contributed by atoms with E-state index >= 15 is 0 Å². The molecule has 170 valence electrons. The number of anilines is 2. The van der Waals surface area contributed by atoms with Gasteiger partial charge in [-0.3, -0.25) is 4.79 Å². The Morgan fingerprint density at radius 2 is 1.82 bits per heavy atom. The molecule has 1 unspecified atom stereocenters. The lowest BCUT2D eigenvalue weighted by Crippen LogP contribution is -2.47. The minimum atomic E-state index is -1.34. The number of hydrogen-bond acceptors (Lipinski definition) is 5. The smallest absolute Gasteiger partial charge is 0.321 e. The highest BCUT2D eigenvalue weighted by Gasteiger charge is 2.31. The van der Waals surface area contributed by atoms with Gasteiger partial charge in [-0.2, -0.15) is 5.26 Å². The quantitative estimate of drug-likeness (QED) is 0.623. The summed E-state index contributed by atoms with van der Waals surface area (Å²) in [6.07, 6.45) is -1.34. The van der Waals surface area contributed by atoms with Gasteiger partial charge < -0.3 is 20.3 Å². The molecule has 1 aliphatic heterocycles. The molecule has 1 aliphatic rings. The lowest BCUT2D eigenvalue weighted by atomic mass is 10.00. The first kappa shape index (κ1) is 22.5. The zero-order valence-electron chi connectivity index (χ0n) is 18.4. The number of rotatable bonds is 4. The van der Waals surface area contributed by atoms with Crippen molar-refractivity contribution in [3.05, 3.63) is 89.2 Å². The first-order valence-electron chi connectivity index (χ1n) is 10.3. The lowest BCUT2D eigenvalue weighted by Gasteiger charge is -2.21. The molecule has 0 bridgehead atoms. The van der Waals surface area contributed by atoms with Gasteiger partial charge in [-0.15, -0.1) is 0 Å². The minimum absolute atomic E-state index is 0.182. The summed E-state index contributed by atoms with van der Waals surface area (Å²) < 4.78 is 19.8. The molecular formula is C25H20FN5O3. The van der Waals surface area contributed by atoms with Gasteiger partial charge in [0.15, 0.2) is 0 Å². The highest BCUT2D eigenvalue weighted by Crippen LogP contribution is 2.28. The predicted molar refractivity (Wildman–Crippen MR) is 126 cm³/mol. The fourth-order valence-corrected chi connectivity index (χ4v) is 3.62. The van der Waals surface area contributed by atoms with Crippen molar-refractivity contribution < 1.29 is 18.7 Å². The molecule has 3 aromatic carbocycles. The van der Waals surface area contributed by atoms with Crippen LogP contribution in [0.4, 0.5) is 20.6 Å². The summed E-state index contributed by atoms with van der Waals surface area (Å²) in [6.45, 7) is 0. The van der Waals surface area contributed by atoms with E-state index in [2.05, 4.69) is 15.6 Å². The number of urea groups is 1. The summed E-state index contributed by atoms with van der Waals surface area (Å²) in [5, 5.41) is 14.5. The van der Waals surface area contributed by atoms with Crippen LogP contribution in [0.3, 0.4) is 0 Å². The summed E-state index contributed by atoms with van der Waals surface area (Å²) in [6, 6.07) is 18.9. The number of likely N-dealkylation sites (N-methyl/N-ethyl adjacent to an activating group) is 1. The molecule has 4 rings (SSSR count). The zero-order valence-corrected chi connectivity index (χ0v) is 18.4. The molecule has 8 nitrogen and oxygen atoms in total. The number of ether oxygens (including phenoxy) is 1. The van der Waals surface area contributed by atoms with Gasteiger partial charge in [0.25, 0.3) is 5.91 Å².